The molecule has 1 aromatic carbocycles. The number of amides is 1. The van der Waals surface area contributed by atoms with Gasteiger partial charge in [0.15, 0.2) is 6.61 Å². The fourth-order valence-corrected chi connectivity index (χ4v) is 2.85. The van der Waals surface area contributed by atoms with Gasteiger partial charge in [0, 0.05) is 18.6 Å². The summed E-state index contributed by atoms with van der Waals surface area (Å²) in [5, 5.41) is 4.10. The van der Waals surface area contributed by atoms with Crippen LogP contribution in [0.4, 0.5) is 0 Å². The van der Waals surface area contributed by atoms with E-state index < -0.39 is 0 Å². The second kappa shape index (κ2) is 7.60. The maximum atomic E-state index is 11.8. The topological polar surface area (TPSA) is 67.8 Å². The van der Waals surface area contributed by atoms with Crippen LogP contribution in [-0.2, 0) is 9.59 Å². The third-order valence-electron chi connectivity index (χ3n) is 4.01. The third-order valence-corrected chi connectivity index (χ3v) is 4.01. The molecule has 0 aromatic heterocycles. The number of carbonyl (C=O) groups is 2. The Morgan fingerprint density at radius 3 is 2.50 bits per heavy atom. The van der Waals surface area contributed by atoms with E-state index in [1.807, 2.05) is 38.1 Å². The van der Waals surface area contributed by atoms with Crippen molar-refractivity contribution in [2.45, 2.75) is 52.9 Å². The number of rotatable bonds is 5. The van der Waals surface area contributed by atoms with Crippen LogP contribution in [0.2, 0.25) is 0 Å². The van der Waals surface area contributed by atoms with E-state index in [-0.39, 0.29) is 23.7 Å². The van der Waals surface area contributed by atoms with Crippen molar-refractivity contribution in [3.8, 4) is 5.75 Å². The van der Waals surface area contributed by atoms with Gasteiger partial charge in [0.2, 0.25) is 0 Å². The van der Waals surface area contributed by atoms with Crippen molar-refractivity contribution >= 4 is 17.4 Å². The van der Waals surface area contributed by atoms with Gasteiger partial charge in [-0.1, -0.05) is 39.8 Å². The van der Waals surface area contributed by atoms with Crippen LogP contribution in [-0.4, -0.2) is 24.0 Å². The molecule has 1 fully saturated rings. The first-order chi connectivity index (χ1) is 11.2. The number of hydrogen-bond donors (Lipinski definition) is 1. The van der Waals surface area contributed by atoms with Crippen LogP contribution in [0, 0.1) is 5.41 Å². The second-order valence-corrected chi connectivity index (χ2v) is 7.46. The number of Topliss-reactive ketones (excluding diaryl/α,β-unsaturated/α-hetero) is 1. The van der Waals surface area contributed by atoms with E-state index in [0.29, 0.717) is 24.5 Å². The minimum absolute atomic E-state index is 0.0897. The summed E-state index contributed by atoms with van der Waals surface area (Å²) < 4.78 is 5.46. The predicted molar refractivity (Wildman–Crippen MR) is 94.2 cm³/mol. The molecule has 0 aliphatic heterocycles. The monoisotopic (exact) mass is 330 g/mol. The molecule has 2 rings (SSSR count). The van der Waals surface area contributed by atoms with E-state index >= 15 is 0 Å². The fourth-order valence-electron chi connectivity index (χ4n) is 2.85. The van der Waals surface area contributed by atoms with Crippen LogP contribution in [0.25, 0.3) is 0 Å². The van der Waals surface area contributed by atoms with E-state index in [2.05, 4.69) is 24.4 Å². The quantitative estimate of drug-likeness (QED) is 0.841. The smallest absolute Gasteiger partial charge is 0.277 e. The lowest BCUT2D eigenvalue weighted by atomic mass is 9.76. The van der Waals surface area contributed by atoms with Gasteiger partial charge in [-0.15, -0.1) is 0 Å². The molecule has 1 saturated carbocycles. The second-order valence-electron chi connectivity index (χ2n) is 7.46. The molecule has 1 aliphatic rings. The molecule has 5 heteroatoms. The molecule has 0 saturated heterocycles. The zero-order chi connectivity index (χ0) is 17.7. The summed E-state index contributed by atoms with van der Waals surface area (Å²) in [4.78, 5) is 23.6. The van der Waals surface area contributed by atoms with Crippen LogP contribution >= 0.6 is 0 Å². The van der Waals surface area contributed by atoms with Crippen LogP contribution in [0.1, 0.15) is 58.4 Å². The summed E-state index contributed by atoms with van der Waals surface area (Å²) in [6.07, 6.45) is 1.60. The van der Waals surface area contributed by atoms with E-state index in [9.17, 15) is 9.59 Å². The first kappa shape index (κ1) is 18.2. The Kier molecular flexibility index (Phi) is 5.75. The first-order valence-electron chi connectivity index (χ1n) is 8.34. The van der Waals surface area contributed by atoms with Crippen molar-refractivity contribution in [2.24, 2.45) is 10.5 Å². The van der Waals surface area contributed by atoms with Gasteiger partial charge in [0.1, 0.15) is 11.5 Å². The SMILES string of the molecule is CC(C)c1ccc(OCC(=O)N/N=C2/CC(=O)CC(C)(C)C2)cc1. The van der Waals surface area contributed by atoms with Gasteiger partial charge in [0.05, 0.1) is 0 Å². The summed E-state index contributed by atoms with van der Waals surface area (Å²) in [5.41, 5.74) is 4.35. The Labute approximate surface area is 143 Å². The molecule has 0 heterocycles. The lowest BCUT2D eigenvalue weighted by Gasteiger charge is -2.28. The van der Waals surface area contributed by atoms with E-state index in [1.54, 1.807) is 0 Å². The average Bonchev–Trinajstić information content (AvgIpc) is 2.49. The highest BCUT2D eigenvalue weighted by atomic mass is 16.5. The molecule has 5 nitrogen and oxygen atoms in total. The number of benzene rings is 1. The lowest BCUT2D eigenvalue weighted by molar-refractivity contribution is -0.123. The highest BCUT2D eigenvalue weighted by Crippen LogP contribution is 2.31. The molecule has 1 aromatic rings. The van der Waals surface area contributed by atoms with Crippen molar-refractivity contribution in [2.75, 3.05) is 6.61 Å². The molecule has 0 bridgehead atoms. The molecule has 1 N–H and O–H groups in total. The zero-order valence-corrected chi connectivity index (χ0v) is 14.9. The van der Waals surface area contributed by atoms with Crippen LogP contribution in [0.3, 0.4) is 0 Å². The zero-order valence-electron chi connectivity index (χ0n) is 14.9. The Balaban J connectivity index is 1.83. The number of hydrogen-bond acceptors (Lipinski definition) is 4. The Morgan fingerprint density at radius 2 is 1.92 bits per heavy atom. The number of hydrazone groups is 1. The van der Waals surface area contributed by atoms with Crippen molar-refractivity contribution < 1.29 is 14.3 Å². The Hall–Kier alpha value is -2.17. The maximum absolute atomic E-state index is 11.8. The van der Waals surface area contributed by atoms with Gasteiger partial charge < -0.3 is 4.74 Å². The highest BCUT2D eigenvalue weighted by molar-refractivity contribution is 6.05. The van der Waals surface area contributed by atoms with E-state index in [1.165, 1.54) is 5.56 Å². The van der Waals surface area contributed by atoms with Crippen molar-refractivity contribution in [3.05, 3.63) is 29.8 Å². The van der Waals surface area contributed by atoms with Gasteiger partial charge >= 0.3 is 0 Å². The van der Waals surface area contributed by atoms with Crippen molar-refractivity contribution in [1.82, 2.24) is 5.43 Å². The minimum atomic E-state index is -0.328. The van der Waals surface area contributed by atoms with Gasteiger partial charge in [-0.05, 0) is 35.4 Å². The van der Waals surface area contributed by atoms with Crippen LogP contribution in [0.15, 0.2) is 29.4 Å². The molecule has 1 amide bonds. The largest absolute Gasteiger partial charge is 0.484 e. The van der Waals surface area contributed by atoms with Crippen molar-refractivity contribution in [1.29, 1.82) is 0 Å². The number of carbonyl (C=O) groups excluding carboxylic acids is 2. The Bertz CT molecular complexity index is 631. The van der Waals surface area contributed by atoms with E-state index in [0.717, 1.165) is 12.1 Å². The molecule has 0 unspecified atom stereocenters. The third kappa shape index (κ3) is 5.48. The molecule has 24 heavy (non-hydrogen) atoms. The van der Waals surface area contributed by atoms with Gasteiger partial charge in [-0.3, -0.25) is 9.59 Å². The van der Waals surface area contributed by atoms with Crippen molar-refractivity contribution in [3.63, 3.8) is 0 Å². The minimum Gasteiger partial charge on any atom is -0.484 e. The van der Waals surface area contributed by atoms with Gasteiger partial charge in [-0.25, -0.2) is 5.43 Å². The molecule has 130 valence electrons. The number of ether oxygens (including phenoxy) is 1. The summed E-state index contributed by atoms with van der Waals surface area (Å²) in [6.45, 7) is 8.21. The molecule has 0 radical (unpaired) electrons. The molecule has 0 atom stereocenters. The first-order valence-corrected chi connectivity index (χ1v) is 8.34. The van der Waals surface area contributed by atoms with Gasteiger partial charge in [0.25, 0.3) is 5.91 Å². The molecule has 0 spiro atoms. The molecular weight excluding hydrogens is 304 g/mol. The van der Waals surface area contributed by atoms with Gasteiger partial charge in [-0.2, -0.15) is 5.10 Å². The summed E-state index contributed by atoms with van der Waals surface area (Å²) >= 11 is 0. The molecule has 1 aliphatic carbocycles. The average molecular weight is 330 g/mol. The van der Waals surface area contributed by atoms with E-state index in [4.69, 9.17) is 4.74 Å². The summed E-state index contributed by atoms with van der Waals surface area (Å²) in [5.74, 6) is 0.948. The predicted octanol–water partition coefficient (Wildman–Crippen LogP) is 3.44. The summed E-state index contributed by atoms with van der Waals surface area (Å²) in [6, 6.07) is 7.70. The number of ketones is 1. The Morgan fingerprint density at radius 1 is 1.25 bits per heavy atom. The fraction of sp³-hybridized carbons (Fsp3) is 0.526. The highest BCUT2D eigenvalue weighted by Gasteiger charge is 2.30. The van der Waals surface area contributed by atoms with Crippen LogP contribution < -0.4 is 10.2 Å². The standard InChI is InChI=1S/C19H26N2O3/c1-13(2)14-5-7-17(8-6-14)24-12-18(23)21-20-15-9-16(22)11-19(3,4)10-15/h5-8,13H,9-12H2,1-4H3,(H,21,23)/b20-15-. The van der Waals surface area contributed by atoms with Crippen LogP contribution in [0.5, 0.6) is 5.75 Å². The molecular formula is C19H26N2O3. The lowest BCUT2D eigenvalue weighted by Crippen LogP contribution is -2.32. The number of nitrogens with one attached hydrogen (secondary N) is 1. The maximum Gasteiger partial charge on any atom is 0.277 e. The normalized spacial score (nSPS) is 18.7. The number of nitrogens with zero attached hydrogens (tertiary/aromatic N) is 1. The summed E-state index contributed by atoms with van der Waals surface area (Å²) in [7, 11) is 0.